The topological polar surface area (TPSA) is 58.1 Å². The Morgan fingerprint density at radius 2 is 2.22 bits per heavy atom. The molecular formula is C12H20N4OS. The smallest absolute Gasteiger partial charge is 0.246 e. The highest BCUT2D eigenvalue weighted by molar-refractivity contribution is 7.05. The summed E-state index contributed by atoms with van der Waals surface area (Å²) >= 11 is 1.34. The maximum absolute atomic E-state index is 12.5. The molecule has 1 amide bonds. The van der Waals surface area contributed by atoms with Gasteiger partial charge in [-0.15, -0.1) is 0 Å². The van der Waals surface area contributed by atoms with Crippen LogP contribution in [0.25, 0.3) is 0 Å². The van der Waals surface area contributed by atoms with E-state index in [1.54, 1.807) is 4.90 Å². The largest absolute Gasteiger partial charge is 0.309 e. The summed E-state index contributed by atoms with van der Waals surface area (Å²) in [5.41, 5.74) is 0.156. The van der Waals surface area contributed by atoms with E-state index in [4.69, 9.17) is 0 Å². The van der Waals surface area contributed by atoms with Crippen LogP contribution in [0.4, 0.5) is 5.95 Å². The van der Waals surface area contributed by atoms with Crippen molar-refractivity contribution in [3.63, 3.8) is 0 Å². The molecule has 0 aromatic carbocycles. The molecule has 1 aromatic rings. The molecule has 0 spiro atoms. The van der Waals surface area contributed by atoms with Crippen LogP contribution in [-0.4, -0.2) is 34.9 Å². The van der Waals surface area contributed by atoms with Crippen molar-refractivity contribution >= 4 is 23.4 Å². The van der Waals surface area contributed by atoms with Gasteiger partial charge in [-0.1, -0.05) is 13.8 Å². The molecule has 2 heterocycles. The molecule has 2 rings (SSSR count). The van der Waals surface area contributed by atoms with Crippen molar-refractivity contribution in [3.05, 3.63) is 5.01 Å². The third kappa shape index (κ3) is 2.70. The van der Waals surface area contributed by atoms with Crippen LogP contribution in [-0.2, 0) is 4.79 Å². The SMILES string of the molecule is CNC1CC(C)(C)CCN(c2nsc(C)n2)C1=O. The number of nitrogens with zero attached hydrogens (tertiary/aromatic N) is 3. The van der Waals surface area contributed by atoms with Crippen molar-refractivity contribution in [3.8, 4) is 0 Å². The first kappa shape index (κ1) is 13.4. The second-order valence-electron chi connectivity index (χ2n) is 5.56. The fraction of sp³-hybridized carbons (Fsp3) is 0.750. The van der Waals surface area contributed by atoms with Gasteiger partial charge in [0.2, 0.25) is 11.9 Å². The van der Waals surface area contributed by atoms with Crippen molar-refractivity contribution in [2.45, 2.75) is 39.7 Å². The zero-order valence-corrected chi connectivity index (χ0v) is 12.2. The first-order valence-electron chi connectivity index (χ1n) is 6.22. The predicted octanol–water partition coefficient (Wildman–Crippen LogP) is 1.59. The minimum Gasteiger partial charge on any atom is -0.309 e. The number of rotatable bonds is 2. The predicted molar refractivity (Wildman–Crippen MR) is 72.9 cm³/mol. The van der Waals surface area contributed by atoms with Crippen LogP contribution in [0.5, 0.6) is 0 Å². The van der Waals surface area contributed by atoms with Gasteiger partial charge in [0.15, 0.2) is 0 Å². The number of carbonyl (C=O) groups excluding carboxylic acids is 1. The van der Waals surface area contributed by atoms with Gasteiger partial charge in [0.05, 0.1) is 6.04 Å². The van der Waals surface area contributed by atoms with Crippen LogP contribution in [0.3, 0.4) is 0 Å². The van der Waals surface area contributed by atoms with Crippen LogP contribution in [0.2, 0.25) is 0 Å². The molecule has 1 aliphatic rings. The van der Waals surface area contributed by atoms with Gasteiger partial charge >= 0.3 is 0 Å². The summed E-state index contributed by atoms with van der Waals surface area (Å²) in [6, 6.07) is -0.147. The van der Waals surface area contributed by atoms with Crippen LogP contribution in [0, 0.1) is 12.3 Å². The van der Waals surface area contributed by atoms with Crippen LogP contribution < -0.4 is 10.2 Å². The van der Waals surface area contributed by atoms with Gasteiger partial charge < -0.3 is 5.32 Å². The third-order valence-electron chi connectivity index (χ3n) is 3.44. The number of hydrogen-bond donors (Lipinski definition) is 1. The number of anilines is 1. The Hall–Kier alpha value is -1.01. The minimum atomic E-state index is -0.147. The first-order valence-corrected chi connectivity index (χ1v) is 6.99. The maximum Gasteiger partial charge on any atom is 0.246 e. The molecule has 1 saturated heterocycles. The normalized spacial score (nSPS) is 24.1. The maximum atomic E-state index is 12.5. The molecule has 1 unspecified atom stereocenters. The van der Waals surface area contributed by atoms with Gasteiger partial charge in [0.1, 0.15) is 5.01 Å². The average Bonchev–Trinajstić information content (AvgIpc) is 2.67. The lowest BCUT2D eigenvalue weighted by atomic mass is 9.83. The lowest BCUT2D eigenvalue weighted by molar-refractivity contribution is -0.120. The van der Waals surface area contributed by atoms with Crippen molar-refractivity contribution < 1.29 is 4.79 Å². The molecule has 1 N–H and O–H groups in total. The standard InChI is InChI=1S/C12H20N4OS/c1-8-14-11(15-18-8)16-6-5-12(2,3)7-9(13-4)10(16)17/h9,13H,5-7H2,1-4H3. The quantitative estimate of drug-likeness (QED) is 0.885. The molecule has 1 aromatic heterocycles. The Morgan fingerprint density at radius 3 is 2.78 bits per heavy atom. The number of hydrogen-bond acceptors (Lipinski definition) is 5. The molecule has 1 atom stereocenters. The lowest BCUT2D eigenvalue weighted by Gasteiger charge is -2.24. The fourth-order valence-electron chi connectivity index (χ4n) is 2.28. The molecule has 1 aliphatic heterocycles. The summed E-state index contributed by atoms with van der Waals surface area (Å²) in [4.78, 5) is 18.5. The van der Waals surface area contributed by atoms with E-state index in [0.717, 1.165) is 17.8 Å². The van der Waals surface area contributed by atoms with Crippen LogP contribution in [0.15, 0.2) is 0 Å². The second kappa shape index (κ2) is 4.93. The number of amides is 1. The second-order valence-corrected chi connectivity index (χ2v) is 6.52. The Morgan fingerprint density at radius 1 is 1.50 bits per heavy atom. The van der Waals surface area contributed by atoms with E-state index >= 15 is 0 Å². The molecule has 1 fully saturated rings. The zero-order valence-electron chi connectivity index (χ0n) is 11.4. The number of aryl methyl sites for hydroxylation is 1. The third-order valence-corrected chi connectivity index (χ3v) is 4.05. The van der Waals surface area contributed by atoms with Gasteiger partial charge in [-0.05, 0) is 43.8 Å². The summed E-state index contributed by atoms with van der Waals surface area (Å²) in [7, 11) is 1.84. The highest BCUT2D eigenvalue weighted by Gasteiger charge is 2.36. The first-order chi connectivity index (χ1) is 8.43. The van der Waals surface area contributed by atoms with E-state index in [1.165, 1.54) is 11.5 Å². The van der Waals surface area contributed by atoms with Crippen molar-refractivity contribution in [2.24, 2.45) is 5.41 Å². The van der Waals surface area contributed by atoms with E-state index in [9.17, 15) is 4.79 Å². The number of aromatic nitrogens is 2. The zero-order chi connectivity index (χ0) is 13.3. The highest BCUT2D eigenvalue weighted by Crippen LogP contribution is 2.31. The van der Waals surface area contributed by atoms with Gasteiger partial charge in [-0.3, -0.25) is 9.69 Å². The summed E-state index contributed by atoms with van der Waals surface area (Å²) in [5, 5.41) is 4.00. The van der Waals surface area contributed by atoms with Crippen molar-refractivity contribution in [2.75, 3.05) is 18.5 Å². The number of likely N-dealkylation sites (N-methyl/N-ethyl adjacent to an activating group) is 1. The van der Waals surface area contributed by atoms with E-state index in [2.05, 4.69) is 28.5 Å². The molecule has 0 aliphatic carbocycles. The molecule has 100 valence electrons. The molecule has 5 nitrogen and oxygen atoms in total. The van der Waals surface area contributed by atoms with Crippen LogP contribution >= 0.6 is 11.5 Å². The number of carbonyl (C=O) groups is 1. The Labute approximate surface area is 112 Å². The van der Waals surface area contributed by atoms with E-state index < -0.39 is 0 Å². The van der Waals surface area contributed by atoms with E-state index in [1.807, 2.05) is 14.0 Å². The summed E-state index contributed by atoms with van der Waals surface area (Å²) in [5.74, 6) is 0.640. The van der Waals surface area contributed by atoms with Gasteiger partial charge in [0.25, 0.3) is 0 Å². The van der Waals surface area contributed by atoms with E-state index in [-0.39, 0.29) is 17.4 Å². The van der Waals surface area contributed by atoms with E-state index in [0.29, 0.717) is 12.5 Å². The average molecular weight is 268 g/mol. The van der Waals surface area contributed by atoms with Gasteiger partial charge in [-0.25, -0.2) is 4.98 Å². The number of nitrogens with one attached hydrogen (secondary N) is 1. The molecular weight excluding hydrogens is 248 g/mol. The molecule has 6 heteroatoms. The Kier molecular flexibility index (Phi) is 3.68. The molecule has 0 bridgehead atoms. The monoisotopic (exact) mass is 268 g/mol. The van der Waals surface area contributed by atoms with Crippen LogP contribution in [0.1, 0.15) is 31.7 Å². The Balaban J connectivity index is 2.27. The van der Waals surface area contributed by atoms with Crippen molar-refractivity contribution in [1.82, 2.24) is 14.7 Å². The van der Waals surface area contributed by atoms with Crippen molar-refractivity contribution in [1.29, 1.82) is 0 Å². The Bertz CT molecular complexity index is 443. The van der Waals surface area contributed by atoms with Gasteiger partial charge in [0, 0.05) is 6.54 Å². The molecule has 0 saturated carbocycles. The minimum absolute atomic E-state index is 0.0841. The molecule has 18 heavy (non-hydrogen) atoms. The lowest BCUT2D eigenvalue weighted by Crippen LogP contribution is -2.45. The summed E-state index contributed by atoms with van der Waals surface area (Å²) in [6.45, 7) is 7.00. The highest BCUT2D eigenvalue weighted by atomic mass is 32.1. The summed E-state index contributed by atoms with van der Waals surface area (Å²) in [6.07, 6.45) is 1.82. The fourth-order valence-corrected chi connectivity index (χ4v) is 2.75. The summed E-state index contributed by atoms with van der Waals surface area (Å²) < 4.78 is 4.26. The molecule has 0 radical (unpaired) electrons. The van der Waals surface area contributed by atoms with Gasteiger partial charge in [-0.2, -0.15) is 4.37 Å².